The third-order valence-corrected chi connectivity index (χ3v) is 5.92. The summed E-state index contributed by atoms with van der Waals surface area (Å²) in [6.07, 6.45) is 1.54. The van der Waals surface area contributed by atoms with Gasteiger partial charge in [0.25, 0.3) is 0 Å². The van der Waals surface area contributed by atoms with Crippen molar-refractivity contribution in [1.29, 1.82) is 0 Å². The minimum Gasteiger partial charge on any atom is -0.491 e. The van der Waals surface area contributed by atoms with Crippen molar-refractivity contribution in [1.82, 2.24) is 9.97 Å². The molecule has 186 valence electrons. The van der Waals surface area contributed by atoms with Gasteiger partial charge in [-0.2, -0.15) is 0 Å². The van der Waals surface area contributed by atoms with Crippen LogP contribution in [0.3, 0.4) is 0 Å². The van der Waals surface area contributed by atoms with Crippen LogP contribution >= 0.6 is 0 Å². The summed E-state index contributed by atoms with van der Waals surface area (Å²) in [6, 6.07) is 9.81. The van der Waals surface area contributed by atoms with Crippen LogP contribution in [0.1, 0.15) is 18.1 Å². The molecule has 35 heavy (non-hydrogen) atoms. The Bertz CT molecular complexity index is 1200. The van der Waals surface area contributed by atoms with Gasteiger partial charge < -0.3 is 24.3 Å². The van der Waals surface area contributed by atoms with E-state index in [1.807, 2.05) is 44.2 Å². The van der Waals surface area contributed by atoms with Crippen LogP contribution in [0.4, 0.5) is 11.5 Å². The Kier molecular flexibility index (Phi) is 9.49. The molecule has 0 radical (unpaired) electrons. The molecule has 3 rings (SSSR count). The molecule has 1 heterocycles. The maximum atomic E-state index is 6.06. The van der Waals surface area contributed by atoms with Crippen LogP contribution < -0.4 is 14.8 Å². The number of aromatic nitrogens is 2. The molecule has 7 nitrogen and oxygen atoms in total. The van der Waals surface area contributed by atoms with Gasteiger partial charge >= 0.3 is 0 Å². The Hall–Kier alpha value is -3.12. The molecule has 1 aromatic heterocycles. The lowest BCUT2D eigenvalue weighted by Gasteiger charge is -2.15. The fourth-order valence-electron chi connectivity index (χ4n) is 3.26. The summed E-state index contributed by atoms with van der Waals surface area (Å²) < 4.78 is 22.3. The van der Waals surface area contributed by atoms with Crippen molar-refractivity contribution in [3.63, 3.8) is 0 Å². The monoisotopic (exact) mass is 493 g/mol. The summed E-state index contributed by atoms with van der Waals surface area (Å²) in [7, 11) is 0.106. The summed E-state index contributed by atoms with van der Waals surface area (Å²) in [4.78, 5) is 8.91. The van der Waals surface area contributed by atoms with Gasteiger partial charge in [0.05, 0.1) is 18.7 Å². The van der Waals surface area contributed by atoms with Crippen LogP contribution in [-0.4, -0.2) is 58.2 Å². The third kappa shape index (κ3) is 7.96. The molecule has 0 saturated carbocycles. The largest absolute Gasteiger partial charge is 0.491 e. The van der Waals surface area contributed by atoms with Crippen LogP contribution in [0.15, 0.2) is 36.7 Å². The number of hydrogen-bond donors (Lipinski definition) is 1. The van der Waals surface area contributed by atoms with Crippen LogP contribution in [-0.2, 0) is 9.47 Å². The Morgan fingerprint density at radius 1 is 0.971 bits per heavy atom. The van der Waals surface area contributed by atoms with Gasteiger partial charge in [0, 0.05) is 48.0 Å². The molecule has 0 bridgehead atoms. The highest BCUT2D eigenvalue weighted by atomic mass is 28.3. The topological polar surface area (TPSA) is 74.7 Å². The lowest BCUT2D eigenvalue weighted by molar-refractivity contribution is 0.110. The lowest BCUT2D eigenvalue weighted by atomic mass is 10.1. The molecule has 8 heteroatoms. The first-order valence-corrected chi connectivity index (χ1v) is 15.3. The summed E-state index contributed by atoms with van der Waals surface area (Å²) >= 11 is 0. The Morgan fingerprint density at radius 3 is 2.51 bits per heavy atom. The van der Waals surface area contributed by atoms with Crippen molar-refractivity contribution in [2.24, 2.45) is 0 Å². The van der Waals surface area contributed by atoms with Crippen molar-refractivity contribution in [2.75, 3.05) is 45.5 Å². The van der Waals surface area contributed by atoms with E-state index >= 15 is 0 Å². The summed E-state index contributed by atoms with van der Waals surface area (Å²) in [5.41, 5.74) is 7.06. The number of nitrogens with one attached hydrogen (secondary N) is 1. The van der Waals surface area contributed by atoms with Gasteiger partial charge in [-0.1, -0.05) is 25.6 Å². The van der Waals surface area contributed by atoms with E-state index in [0.29, 0.717) is 38.9 Å². The highest BCUT2D eigenvalue weighted by Crippen LogP contribution is 2.31. The SMILES string of the molecule is CCOCCOc1cc(Nc2ncnc3cc(OCCOC)ccc23)cc(C#C[Si](C)(C)C)c1C. The molecule has 0 aliphatic carbocycles. The number of ether oxygens (including phenoxy) is 4. The van der Waals surface area contributed by atoms with E-state index in [9.17, 15) is 0 Å². The fourth-order valence-corrected chi connectivity index (χ4v) is 3.76. The number of benzene rings is 2. The molecule has 0 spiro atoms. The molecular formula is C27H35N3O4Si. The standard InChI is InChI=1S/C27H35N3O4Si/c1-7-32-12-14-34-26-17-22(16-21(20(26)2)10-15-35(4,5)6)30-27-24-9-8-23(33-13-11-31-3)18-25(24)28-19-29-27/h8-9,16-19H,7,11-14H2,1-6H3,(H,28,29,30). The van der Waals surface area contributed by atoms with E-state index in [-0.39, 0.29) is 0 Å². The van der Waals surface area contributed by atoms with E-state index in [1.54, 1.807) is 13.4 Å². The quantitative estimate of drug-likeness (QED) is 0.219. The van der Waals surface area contributed by atoms with Crippen LogP contribution in [0.2, 0.25) is 19.6 Å². The number of nitrogens with zero attached hydrogens (tertiary/aromatic N) is 2. The van der Waals surface area contributed by atoms with Crippen LogP contribution in [0, 0.1) is 18.4 Å². The summed E-state index contributed by atoms with van der Waals surface area (Å²) in [6.45, 7) is 13.4. The van der Waals surface area contributed by atoms with Crippen molar-refractivity contribution in [3.8, 4) is 23.0 Å². The number of fused-ring (bicyclic) bond motifs is 1. The van der Waals surface area contributed by atoms with E-state index in [4.69, 9.17) is 18.9 Å². The first kappa shape index (κ1) is 26.5. The number of rotatable bonds is 11. The smallest absolute Gasteiger partial charge is 0.141 e. The zero-order valence-corrected chi connectivity index (χ0v) is 22.5. The highest BCUT2D eigenvalue weighted by Gasteiger charge is 2.12. The van der Waals surface area contributed by atoms with Gasteiger partial charge in [-0.3, -0.25) is 0 Å². The third-order valence-electron chi connectivity index (χ3n) is 5.05. The predicted molar refractivity (Wildman–Crippen MR) is 144 cm³/mol. The fraction of sp³-hybridized carbons (Fsp3) is 0.407. The van der Waals surface area contributed by atoms with Gasteiger partial charge in [0.15, 0.2) is 0 Å². The van der Waals surface area contributed by atoms with E-state index < -0.39 is 8.07 Å². The minimum absolute atomic E-state index is 0.474. The van der Waals surface area contributed by atoms with Gasteiger partial charge in [-0.05, 0) is 32.0 Å². The zero-order valence-electron chi connectivity index (χ0n) is 21.5. The normalized spacial score (nSPS) is 11.1. The number of hydrogen-bond acceptors (Lipinski definition) is 7. The van der Waals surface area contributed by atoms with Gasteiger partial charge in [0.1, 0.15) is 44.9 Å². The van der Waals surface area contributed by atoms with Gasteiger partial charge in [-0.15, -0.1) is 5.54 Å². The van der Waals surface area contributed by atoms with E-state index in [0.717, 1.165) is 39.2 Å². The molecule has 2 aromatic carbocycles. The van der Waals surface area contributed by atoms with E-state index in [2.05, 4.69) is 46.4 Å². The Balaban J connectivity index is 1.93. The Morgan fingerprint density at radius 2 is 1.77 bits per heavy atom. The molecular weight excluding hydrogens is 458 g/mol. The lowest BCUT2D eigenvalue weighted by Crippen LogP contribution is -2.16. The van der Waals surface area contributed by atoms with Gasteiger partial charge in [0.2, 0.25) is 0 Å². The summed E-state index contributed by atoms with van der Waals surface area (Å²) in [5.74, 6) is 5.61. The molecule has 0 aliphatic heterocycles. The average molecular weight is 494 g/mol. The molecule has 0 aliphatic rings. The van der Waals surface area contributed by atoms with Gasteiger partial charge in [-0.25, -0.2) is 9.97 Å². The van der Waals surface area contributed by atoms with Crippen LogP contribution in [0.5, 0.6) is 11.5 Å². The van der Waals surface area contributed by atoms with Crippen molar-refractivity contribution >= 4 is 30.5 Å². The zero-order chi connectivity index (χ0) is 25.3. The predicted octanol–water partition coefficient (Wildman–Crippen LogP) is 5.35. The molecule has 0 saturated heterocycles. The van der Waals surface area contributed by atoms with Crippen molar-refractivity contribution < 1.29 is 18.9 Å². The second-order valence-corrected chi connectivity index (χ2v) is 13.8. The number of anilines is 2. The first-order chi connectivity index (χ1) is 16.8. The first-order valence-electron chi connectivity index (χ1n) is 11.8. The van der Waals surface area contributed by atoms with Crippen molar-refractivity contribution in [3.05, 3.63) is 47.8 Å². The molecule has 1 N–H and O–H groups in total. The molecule has 0 amide bonds. The molecule has 0 unspecified atom stereocenters. The molecule has 0 fully saturated rings. The summed E-state index contributed by atoms with van der Waals surface area (Å²) in [5, 5.41) is 4.34. The van der Waals surface area contributed by atoms with E-state index in [1.165, 1.54) is 0 Å². The highest BCUT2D eigenvalue weighted by molar-refractivity contribution is 6.83. The number of methoxy groups -OCH3 is 1. The Labute approximate surface area is 209 Å². The average Bonchev–Trinajstić information content (AvgIpc) is 2.82. The molecule has 0 atom stereocenters. The maximum Gasteiger partial charge on any atom is 0.141 e. The van der Waals surface area contributed by atoms with Crippen LogP contribution in [0.25, 0.3) is 10.9 Å². The van der Waals surface area contributed by atoms with Crippen molar-refractivity contribution in [2.45, 2.75) is 33.5 Å². The second-order valence-electron chi connectivity index (χ2n) is 9.06. The minimum atomic E-state index is -1.54. The second kappa shape index (κ2) is 12.5. The maximum absolute atomic E-state index is 6.06. The molecule has 3 aromatic rings.